The number of amides is 1. The standard InChI is InChI=1S/C31H25Cl2FN4O3.CH4/c1-41-29(39)16-7-10-23-22(11-16)35-28-25-24(14-37(23)28)38(13-15-5-6-15)31(26(25)18-3-2-4-20(33)27(18)34)19-9-8-17(32)12-21(19)36-30(31)40;/h2-4,7-12,15,24-26H,5-6,13-14H2,1H3,(H,36,40);1H4/t24-,25+,26+,31+;/m1./s1. The van der Waals surface area contributed by atoms with E-state index in [1.807, 2.05) is 12.1 Å². The van der Waals surface area contributed by atoms with Gasteiger partial charge in [0.1, 0.15) is 17.2 Å². The topological polar surface area (TPSA) is 76.5 Å². The molecule has 0 bridgehead atoms. The maximum atomic E-state index is 16.1. The van der Waals surface area contributed by atoms with Crippen LogP contribution in [0, 0.1) is 11.7 Å². The van der Waals surface area contributed by atoms with Gasteiger partial charge in [-0.05, 0) is 60.7 Å². The summed E-state index contributed by atoms with van der Waals surface area (Å²) in [4.78, 5) is 34.0. The molecule has 1 N–H and O–H groups in total. The molecule has 2 fully saturated rings. The third-order valence-electron chi connectivity index (χ3n) is 9.40. The average Bonchev–Trinajstić information content (AvgIpc) is 3.41. The smallest absolute Gasteiger partial charge is 0.337 e. The molecular weight excluding hydrogens is 578 g/mol. The number of imidazole rings is 1. The first kappa shape index (κ1) is 27.4. The van der Waals surface area contributed by atoms with Gasteiger partial charge in [0.05, 0.1) is 28.7 Å². The molecule has 42 heavy (non-hydrogen) atoms. The van der Waals surface area contributed by atoms with Gasteiger partial charge in [0.2, 0.25) is 5.91 Å². The Labute approximate surface area is 252 Å². The number of anilines is 1. The summed E-state index contributed by atoms with van der Waals surface area (Å²) in [7, 11) is 1.35. The normalized spacial score (nSPS) is 25.7. The molecule has 4 heterocycles. The molecule has 1 saturated heterocycles. The van der Waals surface area contributed by atoms with Crippen LogP contribution in [-0.2, 0) is 21.6 Å². The summed E-state index contributed by atoms with van der Waals surface area (Å²) in [6.45, 7) is 1.29. The maximum Gasteiger partial charge on any atom is 0.337 e. The Morgan fingerprint density at radius 1 is 1.17 bits per heavy atom. The molecule has 4 atom stereocenters. The Hall–Kier alpha value is -3.46. The SMILES string of the molecule is C.COC(=O)c1ccc2c(c1)nc1n2C[C@@H]2[C@H]1[C@H](c1cccc(Cl)c1F)[C@@]1(C(=O)Nc3cc(Cl)ccc31)N2CC1CC1. The number of nitrogens with one attached hydrogen (secondary N) is 1. The molecule has 1 saturated carbocycles. The summed E-state index contributed by atoms with van der Waals surface area (Å²) in [6.07, 6.45) is 2.19. The summed E-state index contributed by atoms with van der Waals surface area (Å²) in [6, 6.07) is 15.7. The number of benzene rings is 3. The fourth-order valence-corrected chi connectivity index (χ4v) is 7.95. The molecule has 0 radical (unpaired) electrons. The molecule has 216 valence electrons. The lowest BCUT2D eigenvalue weighted by Gasteiger charge is -2.40. The highest BCUT2D eigenvalue weighted by Crippen LogP contribution is 2.65. The van der Waals surface area contributed by atoms with Crippen molar-refractivity contribution >= 4 is 51.8 Å². The number of rotatable bonds is 4. The van der Waals surface area contributed by atoms with Crippen molar-refractivity contribution in [2.45, 2.75) is 50.2 Å². The van der Waals surface area contributed by atoms with Crippen molar-refractivity contribution in [1.29, 1.82) is 0 Å². The molecule has 3 aromatic carbocycles. The van der Waals surface area contributed by atoms with Crippen LogP contribution < -0.4 is 5.32 Å². The van der Waals surface area contributed by atoms with Crippen molar-refractivity contribution in [1.82, 2.24) is 14.5 Å². The molecule has 1 aliphatic carbocycles. The van der Waals surface area contributed by atoms with Gasteiger partial charge in [0.25, 0.3) is 0 Å². The molecule has 7 nitrogen and oxygen atoms in total. The predicted octanol–water partition coefficient (Wildman–Crippen LogP) is 6.73. The lowest BCUT2D eigenvalue weighted by atomic mass is 9.71. The first-order valence-electron chi connectivity index (χ1n) is 13.7. The predicted molar refractivity (Wildman–Crippen MR) is 160 cm³/mol. The Kier molecular flexibility index (Phi) is 6.21. The van der Waals surface area contributed by atoms with Crippen LogP contribution in [-0.4, -0.2) is 46.0 Å². The molecular formula is C32H29Cl2FN4O3. The van der Waals surface area contributed by atoms with E-state index >= 15 is 4.39 Å². The van der Waals surface area contributed by atoms with Crippen LogP contribution in [0.25, 0.3) is 11.0 Å². The van der Waals surface area contributed by atoms with Crippen molar-refractivity contribution in [3.8, 4) is 0 Å². The first-order chi connectivity index (χ1) is 19.8. The molecule has 3 aliphatic heterocycles. The highest BCUT2D eigenvalue weighted by atomic mass is 35.5. The number of esters is 1. The lowest BCUT2D eigenvalue weighted by Crippen LogP contribution is -2.53. The maximum absolute atomic E-state index is 16.1. The number of carbonyl (C=O) groups excluding carboxylic acids is 2. The third kappa shape index (κ3) is 3.58. The third-order valence-corrected chi connectivity index (χ3v) is 9.93. The van der Waals surface area contributed by atoms with E-state index in [0.29, 0.717) is 46.4 Å². The summed E-state index contributed by atoms with van der Waals surface area (Å²) >= 11 is 12.7. The van der Waals surface area contributed by atoms with Crippen LogP contribution in [0.1, 0.15) is 59.4 Å². The fourth-order valence-electron chi connectivity index (χ4n) is 7.60. The fraction of sp³-hybridized carbons (Fsp3) is 0.344. The van der Waals surface area contributed by atoms with E-state index < -0.39 is 23.2 Å². The Morgan fingerprint density at radius 2 is 1.98 bits per heavy atom. The monoisotopic (exact) mass is 606 g/mol. The summed E-state index contributed by atoms with van der Waals surface area (Å²) < 4.78 is 23.2. The van der Waals surface area contributed by atoms with E-state index in [9.17, 15) is 9.59 Å². The van der Waals surface area contributed by atoms with Gasteiger partial charge in [0, 0.05) is 47.2 Å². The number of nitrogens with zero attached hydrogens (tertiary/aromatic N) is 3. The Balaban J connectivity index is 0.00000288. The average molecular weight is 608 g/mol. The van der Waals surface area contributed by atoms with E-state index in [0.717, 1.165) is 29.7 Å². The molecule has 8 rings (SSSR count). The van der Waals surface area contributed by atoms with Gasteiger partial charge in [-0.3, -0.25) is 9.69 Å². The van der Waals surface area contributed by atoms with Gasteiger partial charge < -0.3 is 14.6 Å². The van der Waals surface area contributed by atoms with Gasteiger partial charge in [-0.1, -0.05) is 48.8 Å². The minimum atomic E-state index is -1.18. The zero-order chi connectivity index (χ0) is 28.2. The van der Waals surface area contributed by atoms with Crippen LogP contribution >= 0.6 is 23.2 Å². The minimum absolute atomic E-state index is 0. The van der Waals surface area contributed by atoms with Gasteiger partial charge in [-0.15, -0.1) is 0 Å². The van der Waals surface area contributed by atoms with Crippen LogP contribution in [0.3, 0.4) is 0 Å². The molecule has 1 amide bonds. The second-order valence-corrected chi connectivity index (χ2v) is 12.3. The number of ether oxygens (including phenoxy) is 1. The number of likely N-dealkylation sites (tertiary alicyclic amines) is 1. The lowest BCUT2D eigenvalue weighted by molar-refractivity contribution is -0.128. The van der Waals surface area contributed by atoms with Crippen LogP contribution in [0.2, 0.25) is 10.0 Å². The zero-order valence-corrected chi connectivity index (χ0v) is 23.5. The van der Waals surface area contributed by atoms with Crippen LogP contribution in [0.4, 0.5) is 10.1 Å². The van der Waals surface area contributed by atoms with Crippen molar-refractivity contribution in [3.63, 3.8) is 0 Å². The van der Waals surface area contributed by atoms with E-state index in [4.69, 9.17) is 32.9 Å². The van der Waals surface area contributed by atoms with Crippen molar-refractivity contribution in [2.24, 2.45) is 5.92 Å². The molecule has 10 heteroatoms. The summed E-state index contributed by atoms with van der Waals surface area (Å²) in [5, 5.41) is 3.62. The Bertz CT molecular complexity index is 1800. The zero-order valence-electron chi connectivity index (χ0n) is 22.0. The van der Waals surface area contributed by atoms with Crippen molar-refractivity contribution in [2.75, 3.05) is 19.0 Å². The Morgan fingerprint density at radius 3 is 2.74 bits per heavy atom. The number of hydrogen-bond donors (Lipinski definition) is 1. The highest BCUT2D eigenvalue weighted by Gasteiger charge is 2.69. The van der Waals surface area contributed by atoms with Crippen molar-refractivity contribution < 1.29 is 18.7 Å². The number of hydrogen-bond acceptors (Lipinski definition) is 5. The van der Waals surface area contributed by atoms with E-state index in [1.165, 1.54) is 13.2 Å². The van der Waals surface area contributed by atoms with Crippen molar-refractivity contribution in [3.05, 3.63) is 93.0 Å². The largest absolute Gasteiger partial charge is 0.465 e. The number of carbonyl (C=O) groups is 2. The minimum Gasteiger partial charge on any atom is -0.465 e. The van der Waals surface area contributed by atoms with E-state index in [1.54, 1.807) is 36.4 Å². The van der Waals surface area contributed by atoms with E-state index in [-0.39, 0.29) is 30.3 Å². The number of halogens is 3. The van der Waals surface area contributed by atoms with Gasteiger partial charge in [-0.2, -0.15) is 0 Å². The molecule has 1 spiro atoms. The number of fused-ring (bicyclic) bond motifs is 7. The molecule has 1 aromatic heterocycles. The second-order valence-electron chi connectivity index (χ2n) is 11.5. The molecule has 0 unspecified atom stereocenters. The van der Waals surface area contributed by atoms with Crippen LogP contribution in [0.15, 0.2) is 54.6 Å². The highest BCUT2D eigenvalue weighted by molar-refractivity contribution is 6.31. The second kappa shape index (κ2) is 9.53. The van der Waals surface area contributed by atoms with Gasteiger partial charge in [-0.25, -0.2) is 14.2 Å². The molecule has 4 aliphatic rings. The van der Waals surface area contributed by atoms with Gasteiger partial charge >= 0.3 is 5.97 Å². The summed E-state index contributed by atoms with van der Waals surface area (Å²) in [5.74, 6) is -0.858. The van der Waals surface area contributed by atoms with Gasteiger partial charge in [0.15, 0.2) is 0 Å². The van der Waals surface area contributed by atoms with E-state index in [2.05, 4.69) is 14.8 Å². The first-order valence-corrected chi connectivity index (χ1v) is 14.5. The van der Waals surface area contributed by atoms with Crippen LogP contribution in [0.5, 0.6) is 0 Å². The number of aromatic nitrogens is 2. The number of methoxy groups -OCH3 is 1. The quantitative estimate of drug-likeness (QED) is 0.261. The summed E-state index contributed by atoms with van der Waals surface area (Å²) in [5.41, 5.74) is 2.60. The molecule has 4 aromatic rings.